The molecule has 0 bridgehead atoms. The molecule has 2 heterocycles. The lowest BCUT2D eigenvalue weighted by molar-refractivity contribution is 0.102. The minimum Gasteiger partial charge on any atom is -0.320 e. The SMILES string of the molecule is O=C(Nc1ccnc2ccc(Cl)cc12)c1ccccn1. The van der Waals surface area contributed by atoms with Gasteiger partial charge >= 0.3 is 0 Å². The lowest BCUT2D eigenvalue weighted by Crippen LogP contribution is -2.13. The van der Waals surface area contributed by atoms with Crippen LogP contribution < -0.4 is 5.32 Å². The number of nitrogens with one attached hydrogen (secondary N) is 1. The van der Waals surface area contributed by atoms with Gasteiger partial charge in [-0.3, -0.25) is 14.8 Å². The number of anilines is 1. The molecule has 3 aromatic rings. The summed E-state index contributed by atoms with van der Waals surface area (Å²) in [5.74, 6) is -0.266. The molecule has 1 aromatic carbocycles. The van der Waals surface area contributed by atoms with Crippen molar-refractivity contribution in [2.24, 2.45) is 0 Å². The van der Waals surface area contributed by atoms with Crippen LogP contribution in [0.15, 0.2) is 54.9 Å². The average molecular weight is 284 g/mol. The smallest absolute Gasteiger partial charge is 0.274 e. The molecule has 20 heavy (non-hydrogen) atoms. The number of halogens is 1. The molecule has 4 nitrogen and oxygen atoms in total. The minimum absolute atomic E-state index is 0.266. The van der Waals surface area contributed by atoms with E-state index >= 15 is 0 Å². The third-order valence-corrected chi connectivity index (χ3v) is 3.08. The van der Waals surface area contributed by atoms with E-state index in [1.165, 1.54) is 0 Å². The van der Waals surface area contributed by atoms with Crippen molar-refractivity contribution >= 4 is 34.1 Å². The normalized spacial score (nSPS) is 10.4. The Hall–Kier alpha value is -2.46. The lowest BCUT2D eigenvalue weighted by atomic mass is 10.2. The molecule has 0 aliphatic carbocycles. The fourth-order valence-electron chi connectivity index (χ4n) is 1.91. The van der Waals surface area contributed by atoms with Crippen molar-refractivity contribution in [2.75, 3.05) is 5.32 Å². The maximum Gasteiger partial charge on any atom is 0.274 e. The van der Waals surface area contributed by atoms with Crippen molar-refractivity contribution in [3.8, 4) is 0 Å². The summed E-state index contributed by atoms with van der Waals surface area (Å²) in [6.07, 6.45) is 3.22. The van der Waals surface area contributed by atoms with E-state index in [9.17, 15) is 4.79 Å². The molecule has 3 rings (SSSR count). The summed E-state index contributed by atoms with van der Waals surface area (Å²) >= 11 is 5.99. The quantitative estimate of drug-likeness (QED) is 0.783. The molecule has 0 aliphatic rings. The van der Waals surface area contributed by atoms with Gasteiger partial charge in [0, 0.05) is 22.8 Å². The van der Waals surface area contributed by atoms with Gasteiger partial charge in [-0.2, -0.15) is 0 Å². The molecule has 0 aliphatic heterocycles. The third kappa shape index (κ3) is 2.46. The maximum absolute atomic E-state index is 12.1. The van der Waals surface area contributed by atoms with E-state index in [2.05, 4.69) is 15.3 Å². The third-order valence-electron chi connectivity index (χ3n) is 2.85. The number of rotatable bonds is 2. The van der Waals surface area contributed by atoms with Gasteiger partial charge in [0.2, 0.25) is 0 Å². The van der Waals surface area contributed by atoms with E-state index in [1.54, 1.807) is 48.8 Å². The number of carbonyl (C=O) groups excluding carboxylic acids is 1. The van der Waals surface area contributed by atoms with E-state index < -0.39 is 0 Å². The van der Waals surface area contributed by atoms with E-state index in [4.69, 9.17) is 11.6 Å². The molecule has 0 saturated heterocycles. The Morgan fingerprint density at radius 1 is 1.05 bits per heavy atom. The molecule has 98 valence electrons. The maximum atomic E-state index is 12.1. The van der Waals surface area contributed by atoms with Gasteiger partial charge in [-0.25, -0.2) is 0 Å². The van der Waals surface area contributed by atoms with Crippen molar-refractivity contribution < 1.29 is 4.79 Å². The lowest BCUT2D eigenvalue weighted by Gasteiger charge is -2.08. The van der Waals surface area contributed by atoms with Gasteiger partial charge in [-0.05, 0) is 36.4 Å². The highest BCUT2D eigenvalue weighted by Gasteiger charge is 2.09. The molecule has 2 aromatic heterocycles. The van der Waals surface area contributed by atoms with Gasteiger partial charge in [0.05, 0.1) is 11.2 Å². The summed E-state index contributed by atoms with van der Waals surface area (Å²) in [5.41, 5.74) is 1.79. The Balaban J connectivity index is 1.99. The fraction of sp³-hybridized carbons (Fsp3) is 0. The second-order valence-corrected chi connectivity index (χ2v) is 4.63. The molecule has 0 fully saturated rings. The molecular formula is C15H10ClN3O. The van der Waals surface area contributed by atoms with Crippen molar-refractivity contribution in [1.29, 1.82) is 0 Å². The Kier molecular flexibility index (Phi) is 3.31. The first-order valence-electron chi connectivity index (χ1n) is 6.01. The number of fused-ring (bicyclic) bond motifs is 1. The summed E-state index contributed by atoms with van der Waals surface area (Å²) in [6, 6.07) is 12.3. The second-order valence-electron chi connectivity index (χ2n) is 4.19. The number of pyridine rings is 2. The summed E-state index contributed by atoms with van der Waals surface area (Å²) < 4.78 is 0. The van der Waals surface area contributed by atoms with Crippen LogP contribution in [-0.2, 0) is 0 Å². The van der Waals surface area contributed by atoms with E-state index in [0.29, 0.717) is 16.4 Å². The molecular weight excluding hydrogens is 274 g/mol. The second kappa shape index (κ2) is 5.27. The minimum atomic E-state index is -0.266. The monoisotopic (exact) mass is 283 g/mol. The van der Waals surface area contributed by atoms with Crippen LogP contribution in [0.25, 0.3) is 10.9 Å². The topological polar surface area (TPSA) is 54.9 Å². The molecule has 1 N–H and O–H groups in total. The van der Waals surface area contributed by atoms with Crippen LogP contribution in [0.3, 0.4) is 0 Å². The largest absolute Gasteiger partial charge is 0.320 e. The Morgan fingerprint density at radius 2 is 1.95 bits per heavy atom. The molecule has 0 saturated carbocycles. The van der Waals surface area contributed by atoms with Crippen LogP contribution in [0.1, 0.15) is 10.5 Å². The molecule has 1 amide bonds. The number of carbonyl (C=O) groups is 1. The van der Waals surface area contributed by atoms with Crippen molar-refractivity contribution in [3.05, 3.63) is 65.6 Å². The number of aromatic nitrogens is 2. The van der Waals surface area contributed by atoms with Gasteiger partial charge in [-0.15, -0.1) is 0 Å². The Bertz CT molecular complexity index is 774. The number of hydrogen-bond donors (Lipinski definition) is 1. The highest BCUT2D eigenvalue weighted by molar-refractivity contribution is 6.31. The summed E-state index contributed by atoms with van der Waals surface area (Å²) in [4.78, 5) is 20.4. The first-order chi connectivity index (χ1) is 9.74. The van der Waals surface area contributed by atoms with Gasteiger partial charge in [-0.1, -0.05) is 17.7 Å². The van der Waals surface area contributed by atoms with Crippen LogP contribution in [0.4, 0.5) is 5.69 Å². The highest BCUT2D eigenvalue weighted by Crippen LogP contribution is 2.25. The summed E-state index contributed by atoms with van der Waals surface area (Å²) in [7, 11) is 0. The van der Waals surface area contributed by atoms with E-state index in [-0.39, 0.29) is 5.91 Å². The molecule has 0 spiro atoms. The van der Waals surface area contributed by atoms with Crippen molar-refractivity contribution in [3.63, 3.8) is 0 Å². The van der Waals surface area contributed by atoms with Crippen LogP contribution >= 0.6 is 11.6 Å². The van der Waals surface area contributed by atoms with Crippen molar-refractivity contribution in [2.45, 2.75) is 0 Å². The molecule has 5 heteroatoms. The fourth-order valence-corrected chi connectivity index (χ4v) is 2.08. The standard InChI is InChI=1S/C15H10ClN3O/c16-10-4-5-12-11(9-10)13(6-8-18-12)19-15(20)14-3-1-2-7-17-14/h1-9H,(H,18,19,20). The Labute approximate surface area is 120 Å². The van der Waals surface area contributed by atoms with Crippen LogP contribution in [0.2, 0.25) is 5.02 Å². The van der Waals surface area contributed by atoms with Gasteiger partial charge < -0.3 is 5.32 Å². The zero-order valence-corrected chi connectivity index (χ0v) is 11.1. The molecule has 0 radical (unpaired) electrons. The van der Waals surface area contributed by atoms with Gasteiger partial charge in [0.15, 0.2) is 0 Å². The Morgan fingerprint density at radius 3 is 2.75 bits per heavy atom. The van der Waals surface area contributed by atoms with E-state index in [0.717, 1.165) is 10.9 Å². The van der Waals surface area contributed by atoms with Crippen LogP contribution in [-0.4, -0.2) is 15.9 Å². The van der Waals surface area contributed by atoms with Crippen LogP contribution in [0.5, 0.6) is 0 Å². The number of hydrogen-bond acceptors (Lipinski definition) is 3. The summed E-state index contributed by atoms with van der Waals surface area (Å²) in [5, 5.41) is 4.22. The van der Waals surface area contributed by atoms with Gasteiger partial charge in [0.1, 0.15) is 5.69 Å². The zero-order valence-electron chi connectivity index (χ0n) is 10.4. The predicted octanol–water partition coefficient (Wildman–Crippen LogP) is 3.54. The number of benzene rings is 1. The average Bonchev–Trinajstić information content (AvgIpc) is 2.49. The molecule has 0 unspecified atom stereocenters. The highest BCUT2D eigenvalue weighted by atomic mass is 35.5. The summed E-state index contributed by atoms with van der Waals surface area (Å²) in [6.45, 7) is 0. The first-order valence-corrected chi connectivity index (χ1v) is 6.38. The number of nitrogens with zero attached hydrogens (tertiary/aromatic N) is 2. The number of amides is 1. The van der Waals surface area contributed by atoms with Crippen molar-refractivity contribution in [1.82, 2.24) is 9.97 Å². The molecule has 0 atom stereocenters. The predicted molar refractivity (Wildman–Crippen MR) is 78.9 cm³/mol. The van der Waals surface area contributed by atoms with E-state index in [1.807, 2.05) is 6.07 Å². The first kappa shape index (κ1) is 12.6. The van der Waals surface area contributed by atoms with Crippen LogP contribution in [0, 0.1) is 0 Å². The van der Waals surface area contributed by atoms with Gasteiger partial charge in [0.25, 0.3) is 5.91 Å². The zero-order chi connectivity index (χ0) is 13.9.